The van der Waals surface area contributed by atoms with Gasteiger partial charge in [-0.1, -0.05) is 18.2 Å². The highest BCUT2D eigenvalue weighted by Gasteiger charge is 2.15. The fraction of sp³-hybridized carbons (Fsp3) is 0. The molecule has 6 nitrogen and oxygen atoms in total. The van der Waals surface area contributed by atoms with Crippen molar-refractivity contribution >= 4 is 21.6 Å². The zero-order valence-corrected chi connectivity index (χ0v) is 14.7. The first-order valence-electron chi connectivity index (χ1n) is 7.79. The van der Waals surface area contributed by atoms with Crippen LogP contribution in [0.25, 0.3) is 0 Å². The number of ether oxygens (including phenoxy) is 1. The van der Waals surface area contributed by atoms with Crippen LogP contribution in [-0.4, -0.2) is 14.3 Å². The fourth-order valence-corrected chi connectivity index (χ4v) is 2.88. The lowest BCUT2D eigenvalue weighted by Gasteiger charge is -2.12. The molecule has 3 aromatic rings. The summed E-state index contributed by atoms with van der Waals surface area (Å²) in [5.41, 5.74) is 0.492. The van der Waals surface area contributed by atoms with Crippen molar-refractivity contribution in [2.75, 3.05) is 5.32 Å². The Labute approximate surface area is 159 Å². The number of nitrogens with one attached hydrogen (secondary N) is 1. The standard InChI is InChI=1S/C19H15FN2O4S.3H2/c20-13-8-10-15(11-9-13)26-18-7-2-1-6-17(18)19(23)22-14-4-3-5-16(12-14)27(21,24)25;;;/h1-12H,(H,22,23)(H2,21,24,25);3*1H. The summed E-state index contributed by atoms with van der Waals surface area (Å²) in [5, 5.41) is 7.71. The number of carbonyl (C=O) groups excluding carboxylic acids is 1. The number of amides is 1. The van der Waals surface area contributed by atoms with E-state index >= 15 is 0 Å². The number of anilines is 1. The molecule has 0 aliphatic rings. The molecule has 0 aliphatic heterocycles. The van der Waals surface area contributed by atoms with Gasteiger partial charge < -0.3 is 10.1 Å². The van der Waals surface area contributed by atoms with Crippen molar-refractivity contribution in [1.82, 2.24) is 0 Å². The highest BCUT2D eigenvalue weighted by molar-refractivity contribution is 7.89. The van der Waals surface area contributed by atoms with Gasteiger partial charge in [0.25, 0.3) is 5.91 Å². The first-order valence-corrected chi connectivity index (χ1v) is 9.34. The average molecular weight is 392 g/mol. The summed E-state index contributed by atoms with van der Waals surface area (Å²) in [5.74, 6) is -0.264. The van der Waals surface area contributed by atoms with Gasteiger partial charge in [0.2, 0.25) is 10.0 Å². The van der Waals surface area contributed by atoms with Gasteiger partial charge in [0, 0.05) is 9.97 Å². The van der Waals surface area contributed by atoms with E-state index in [1.165, 1.54) is 48.5 Å². The van der Waals surface area contributed by atoms with Gasteiger partial charge in [0.05, 0.1) is 10.5 Å². The maximum Gasteiger partial charge on any atom is 0.259 e. The van der Waals surface area contributed by atoms with Gasteiger partial charge in [-0.3, -0.25) is 4.79 Å². The number of hydrogen-bond acceptors (Lipinski definition) is 4. The van der Waals surface area contributed by atoms with Crippen molar-refractivity contribution in [2.45, 2.75) is 4.90 Å². The number of sulfonamides is 1. The lowest BCUT2D eigenvalue weighted by Crippen LogP contribution is -2.15. The van der Waals surface area contributed by atoms with Gasteiger partial charge in [0.1, 0.15) is 17.3 Å². The second-order valence-electron chi connectivity index (χ2n) is 5.58. The minimum atomic E-state index is -3.88. The molecule has 0 saturated heterocycles. The second kappa shape index (κ2) is 7.56. The molecule has 0 saturated carbocycles. The summed E-state index contributed by atoms with van der Waals surface area (Å²) in [7, 11) is -3.88. The largest absolute Gasteiger partial charge is 0.457 e. The Morgan fingerprint density at radius 1 is 1.00 bits per heavy atom. The summed E-state index contributed by atoms with van der Waals surface area (Å²) >= 11 is 0. The predicted molar refractivity (Wildman–Crippen MR) is 105 cm³/mol. The molecule has 144 valence electrons. The normalized spacial score (nSPS) is 11.0. The first kappa shape index (κ1) is 18.6. The maximum atomic E-state index is 13.0. The Bertz CT molecular complexity index is 1100. The Balaban J connectivity index is 0.00000280. The summed E-state index contributed by atoms with van der Waals surface area (Å²) in [6.07, 6.45) is 0. The monoisotopic (exact) mass is 392 g/mol. The Morgan fingerprint density at radius 3 is 2.41 bits per heavy atom. The third kappa shape index (κ3) is 4.69. The van der Waals surface area contributed by atoms with Gasteiger partial charge in [-0.2, -0.15) is 0 Å². The van der Waals surface area contributed by atoms with Gasteiger partial charge in [-0.25, -0.2) is 17.9 Å². The predicted octanol–water partition coefficient (Wildman–Crippen LogP) is 4.26. The highest BCUT2D eigenvalue weighted by Crippen LogP contribution is 2.26. The van der Waals surface area contributed by atoms with Crippen molar-refractivity contribution in [3.63, 3.8) is 0 Å². The van der Waals surface area contributed by atoms with Crippen LogP contribution in [0.15, 0.2) is 77.7 Å². The zero-order chi connectivity index (χ0) is 19.4. The molecule has 0 bridgehead atoms. The number of para-hydroxylation sites is 1. The maximum absolute atomic E-state index is 13.0. The van der Waals surface area contributed by atoms with E-state index in [1.807, 2.05) is 0 Å². The van der Waals surface area contributed by atoms with Crippen LogP contribution in [0, 0.1) is 5.82 Å². The van der Waals surface area contributed by atoms with Crippen molar-refractivity contribution < 1.29 is 26.6 Å². The molecule has 1 amide bonds. The number of carbonyl (C=O) groups is 1. The van der Waals surface area contributed by atoms with Crippen LogP contribution < -0.4 is 15.2 Å². The van der Waals surface area contributed by atoms with Crippen LogP contribution in [0.2, 0.25) is 0 Å². The van der Waals surface area contributed by atoms with Gasteiger partial charge in [0.15, 0.2) is 0 Å². The molecule has 27 heavy (non-hydrogen) atoms. The molecule has 0 aliphatic carbocycles. The summed E-state index contributed by atoms with van der Waals surface area (Å²) in [4.78, 5) is 12.5. The lowest BCUT2D eigenvalue weighted by atomic mass is 10.1. The minimum Gasteiger partial charge on any atom is -0.457 e. The van der Waals surface area contributed by atoms with Gasteiger partial charge in [-0.05, 0) is 54.6 Å². The molecule has 0 fully saturated rings. The molecule has 3 rings (SSSR count). The van der Waals surface area contributed by atoms with Crippen molar-refractivity contribution in [3.05, 3.63) is 84.2 Å². The molecule has 8 heteroatoms. The molecule has 0 aromatic heterocycles. The third-order valence-electron chi connectivity index (χ3n) is 3.59. The van der Waals surface area contributed by atoms with E-state index in [2.05, 4.69) is 5.32 Å². The fourth-order valence-electron chi connectivity index (χ4n) is 2.32. The smallest absolute Gasteiger partial charge is 0.259 e. The van der Waals surface area contributed by atoms with Gasteiger partial charge >= 0.3 is 0 Å². The molecular weight excluding hydrogens is 371 g/mol. The number of primary sulfonamides is 1. The van der Waals surface area contributed by atoms with Crippen LogP contribution in [0.5, 0.6) is 11.5 Å². The average Bonchev–Trinajstić information content (AvgIpc) is 2.63. The number of rotatable bonds is 5. The SMILES string of the molecule is NS(=O)(=O)c1cccc(NC(=O)c2ccccc2Oc2ccc(F)cc2)c1.[HH].[HH].[HH]. The third-order valence-corrected chi connectivity index (χ3v) is 4.50. The molecule has 0 atom stereocenters. The van der Waals surface area contributed by atoms with E-state index in [-0.39, 0.29) is 26.2 Å². The Hall–Kier alpha value is -3.23. The van der Waals surface area contributed by atoms with E-state index in [9.17, 15) is 17.6 Å². The second-order valence-corrected chi connectivity index (χ2v) is 7.14. The van der Waals surface area contributed by atoms with Crippen LogP contribution in [0.3, 0.4) is 0 Å². The van der Waals surface area contributed by atoms with E-state index in [0.29, 0.717) is 5.75 Å². The van der Waals surface area contributed by atoms with Crippen LogP contribution in [0.4, 0.5) is 10.1 Å². The quantitative estimate of drug-likeness (QED) is 0.678. The summed E-state index contributed by atoms with van der Waals surface area (Å²) in [6.45, 7) is 0. The number of nitrogens with two attached hydrogens (primary N) is 1. The summed E-state index contributed by atoms with van der Waals surface area (Å²) < 4.78 is 41.6. The van der Waals surface area contributed by atoms with E-state index in [0.717, 1.165) is 0 Å². The molecule has 0 spiro atoms. The molecular formula is C19H21FN2O4S. The van der Waals surface area contributed by atoms with E-state index in [4.69, 9.17) is 9.88 Å². The highest BCUT2D eigenvalue weighted by atomic mass is 32.2. The Morgan fingerprint density at radius 2 is 1.70 bits per heavy atom. The number of benzene rings is 3. The molecule has 3 N–H and O–H groups in total. The van der Waals surface area contributed by atoms with Gasteiger partial charge in [-0.15, -0.1) is 0 Å². The van der Waals surface area contributed by atoms with Crippen molar-refractivity contribution in [1.29, 1.82) is 0 Å². The lowest BCUT2D eigenvalue weighted by molar-refractivity contribution is 0.102. The van der Waals surface area contributed by atoms with Crippen LogP contribution >= 0.6 is 0 Å². The topological polar surface area (TPSA) is 98.5 Å². The zero-order valence-electron chi connectivity index (χ0n) is 13.9. The van der Waals surface area contributed by atoms with E-state index in [1.54, 1.807) is 24.3 Å². The minimum absolute atomic E-state index is 0. The van der Waals surface area contributed by atoms with E-state index < -0.39 is 21.7 Å². The van der Waals surface area contributed by atoms with Crippen molar-refractivity contribution in [3.8, 4) is 11.5 Å². The summed E-state index contributed by atoms with van der Waals surface area (Å²) in [6, 6.07) is 17.5. The molecule has 0 heterocycles. The number of hydrogen-bond donors (Lipinski definition) is 2. The first-order chi connectivity index (χ1) is 12.8. The Kier molecular flexibility index (Phi) is 5.20. The molecule has 0 radical (unpaired) electrons. The van der Waals surface area contributed by atoms with Crippen LogP contribution in [0.1, 0.15) is 14.6 Å². The number of halogens is 1. The molecule has 3 aromatic carbocycles. The van der Waals surface area contributed by atoms with Crippen LogP contribution in [-0.2, 0) is 10.0 Å². The van der Waals surface area contributed by atoms with Crippen molar-refractivity contribution in [2.24, 2.45) is 5.14 Å². The molecule has 0 unspecified atom stereocenters.